The second kappa shape index (κ2) is 5.66. The van der Waals surface area contributed by atoms with Gasteiger partial charge in [0.15, 0.2) is 5.72 Å². The predicted molar refractivity (Wildman–Crippen MR) is 64.4 cm³/mol. The highest BCUT2D eigenvalue weighted by molar-refractivity contribution is 5.56. The first kappa shape index (κ1) is 12.7. The first-order valence-electron chi connectivity index (χ1n) is 5.56. The van der Waals surface area contributed by atoms with Crippen LogP contribution in [0, 0.1) is 0 Å². The van der Waals surface area contributed by atoms with Gasteiger partial charge in [0.25, 0.3) is 0 Å². The van der Waals surface area contributed by atoms with Crippen molar-refractivity contribution in [3.05, 3.63) is 30.3 Å². The zero-order valence-electron chi connectivity index (χ0n) is 10.1. The molecule has 0 radical (unpaired) electrons. The fourth-order valence-corrected chi connectivity index (χ4v) is 1.47. The van der Waals surface area contributed by atoms with E-state index in [1.807, 2.05) is 51.1 Å². The third-order valence-electron chi connectivity index (χ3n) is 2.50. The summed E-state index contributed by atoms with van der Waals surface area (Å²) >= 11 is 0. The summed E-state index contributed by atoms with van der Waals surface area (Å²) in [5.74, 6) is 0.803. The third kappa shape index (κ3) is 3.66. The molecule has 0 saturated heterocycles. The van der Waals surface area contributed by atoms with Crippen molar-refractivity contribution in [1.82, 2.24) is 5.32 Å². The molecular weight excluding hydrogens is 202 g/mol. The van der Waals surface area contributed by atoms with Gasteiger partial charge in [-0.2, -0.15) is 0 Å². The first-order valence-corrected chi connectivity index (χ1v) is 5.56. The Labute approximate surface area is 96.8 Å². The van der Waals surface area contributed by atoms with E-state index in [4.69, 9.17) is 4.74 Å². The Morgan fingerprint density at radius 2 is 2.06 bits per heavy atom. The Balaban J connectivity index is 2.70. The van der Waals surface area contributed by atoms with Gasteiger partial charge in [0.1, 0.15) is 12.0 Å². The molecule has 1 unspecified atom stereocenters. The molecule has 0 heterocycles. The molecule has 3 heteroatoms. The number of nitrogens with one attached hydrogen (secondary N) is 1. The van der Waals surface area contributed by atoms with Crippen LogP contribution in [-0.2, 0) is 4.79 Å². The second-order valence-electron chi connectivity index (χ2n) is 4.07. The van der Waals surface area contributed by atoms with Crippen LogP contribution in [0.4, 0.5) is 0 Å². The highest BCUT2D eigenvalue weighted by atomic mass is 16.5. The van der Waals surface area contributed by atoms with E-state index in [9.17, 15) is 4.79 Å². The minimum absolute atomic E-state index is 0.214. The molecule has 88 valence electrons. The second-order valence-corrected chi connectivity index (χ2v) is 4.07. The van der Waals surface area contributed by atoms with Crippen LogP contribution in [0.15, 0.2) is 30.3 Å². The lowest BCUT2D eigenvalue weighted by atomic mass is 10.1. The lowest BCUT2D eigenvalue weighted by Crippen LogP contribution is -2.51. The Hall–Kier alpha value is -1.35. The van der Waals surface area contributed by atoms with E-state index in [1.165, 1.54) is 0 Å². The van der Waals surface area contributed by atoms with Gasteiger partial charge in [-0.1, -0.05) is 25.1 Å². The Bertz CT molecular complexity index is 326. The SMILES string of the molecule is CCC(C)(N[C@@H](C)C=O)Oc1ccccc1. The molecule has 3 nitrogen and oxygen atoms in total. The van der Waals surface area contributed by atoms with Crippen LogP contribution in [0.5, 0.6) is 5.75 Å². The summed E-state index contributed by atoms with van der Waals surface area (Å²) in [6.07, 6.45) is 1.66. The smallest absolute Gasteiger partial charge is 0.158 e. The molecule has 0 aliphatic heterocycles. The van der Waals surface area contributed by atoms with Gasteiger partial charge >= 0.3 is 0 Å². The van der Waals surface area contributed by atoms with Crippen LogP contribution in [-0.4, -0.2) is 18.1 Å². The van der Waals surface area contributed by atoms with Crippen molar-refractivity contribution in [2.75, 3.05) is 0 Å². The molecule has 1 aromatic rings. The monoisotopic (exact) mass is 221 g/mol. The number of hydrogen-bond acceptors (Lipinski definition) is 3. The summed E-state index contributed by atoms with van der Waals surface area (Å²) in [6.45, 7) is 5.78. The largest absolute Gasteiger partial charge is 0.473 e. The van der Waals surface area contributed by atoms with Crippen LogP contribution in [0.2, 0.25) is 0 Å². The zero-order chi connectivity index (χ0) is 12.0. The maximum atomic E-state index is 10.6. The molecule has 0 aromatic heterocycles. The number of hydrogen-bond donors (Lipinski definition) is 1. The van der Waals surface area contributed by atoms with Crippen molar-refractivity contribution < 1.29 is 9.53 Å². The van der Waals surface area contributed by atoms with Crippen molar-refractivity contribution in [2.24, 2.45) is 0 Å². The maximum Gasteiger partial charge on any atom is 0.158 e. The van der Waals surface area contributed by atoms with E-state index in [0.717, 1.165) is 18.5 Å². The van der Waals surface area contributed by atoms with E-state index in [-0.39, 0.29) is 6.04 Å². The van der Waals surface area contributed by atoms with E-state index >= 15 is 0 Å². The summed E-state index contributed by atoms with van der Waals surface area (Å²) in [5, 5.41) is 3.15. The Kier molecular flexibility index (Phi) is 4.50. The van der Waals surface area contributed by atoms with Gasteiger partial charge in [0.05, 0.1) is 6.04 Å². The van der Waals surface area contributed by atoms with Crippen LogP contribution in [0.25, 0.3) is 0 Å². The Morgan fingerprint density at radius 3 is 2.56 bits per heavy atom. The summed E-state index contributed by atoms with van der Waals surface area (Å²) in [6, 6.07) is 9.39. The van der Waals surface area contributed by atoms with Crippen LogP contribution < -0.4 is 10.1 Å². The van der Waals surface area contributed by atoms with Gasteiger partial charge in [-0.3, -0.25) is 5.32 Å². The molecule has 0 saturated carbocycles. The lowest BCUT2D eigenvalue weighted by molar-refractivity contribution is -0.110. The van der Waals surface area contributed by atoms with E-state index in [1.54, 1.807) is 0 Å². The van der Waals surface area contributed by atoms with Crippen molar-refractivity contribution in [2.45, 2.75) is 39.0 Å². The van der Waals surface area contributed by atoms with Gasteiger partial charge in [0, 0.05) is 0 Å². The van der Waals surface area contributed by atoms with Crippen molar-refractivity contribution in [3.8, 4) is 5.75 Å². The molecular formula is C13H19NO2. The molecule has 1 N–H and O–H groups in total. The van der Waals surface area contributed by atoms with Crippen LogP contribution >= 0.6 is 0 Å². The van der Waals surface area contributed by atoms with Crippen molar-refractivity contribution in [3.63, 3.8) is 0 Å². The first-order chi connectivity index (χ1) is 7.59. The number of aldehydes is 1. The molecule has 0 fully saturated rings. The number of para-hydroxylation sites is 1. The standard InChI is InChI=1S/C13H19NO2/c1-4-13(3,14-11(2)10-15)16-12-8-6-5-7-9-12/h5-11,14H,4H2,1-3H3/t11-,13?/m0/s1. The molecule has 0 amide bonds. The number of carbonyl (C=O) groups excluding carboxylic acids is 1. The molecule has 0 spiro atoms. The van der Waals surface area contributed by atoms with Crippen molar-refractivity contribution in [1.29, 1.82) is 0 Å². The number of benzene rings is 1. The highest BCUT2D eigenvalue weighted by Crippen LogP contribution is 2.18. The number of ether oxygens (including phenoxy) is 1. The average molecular weight is 221 g/mol. The molecule has 16 heavy (non-hydrogen) atoms. The number of carbonyl (C=O) groups is 1. The van der Waals surface area contributed by atoms with E-state index in [2.05, 4.69) is 5.32 Å². The highest BCUT2D eigenvalue weighted by Gasteiger charge is 2.25. The molecule has 1 aromatic carbocycles. The minimum Gasteiger partial charge on any atom is -0.473 e. The summed E-state index contributed by atoms with van der Waals surface area (Å²) < 4.78 is 5.85. The maximum absolute atomic E-state index is 10.6. The average Bonchev–Trinajstić information content (AvgIpc) is 2.30. The topological polar surface area (TPSA) is 38.3 Å². The predicted octanol–water partition coefficient (Wildman–Crippen LogP) is 2.37. The molecule has 2 atom stereocenters. The number of rotatable bonds is 6. The van der Waals surface area contributed by atoms with E-state index in [0.29, 0.717) is 0 Å². The fraction of sp³-hybridized carbons (Fsp3) is 0.462. The summed E-state index contributed by atoms with van der Waals surface area (Å²) in [7, 11) is 0. The molecule has 1 rings (SSSR count). The molecule has 0 aliphatic rings. The van der Waals surface area contributed by atoms with Gasteiger partial charge in [-0.05, 0) is 32.4 Å². The van der Waals surface area contributed by atoms with Gasteiger partial charge in [-0.25, -0.2) is 0 Å². The minimum atomic E-state index is -0.512. The van der Waals surface area contributed by atoms with Gasteiger partial charge in [-0.15, -0.1) is 0 Å². The zero-order valence-corrected chi connectivity index (χ0v) is 10.1. The van der Waals surface area contributed by atoms with Crippen LogP contribution in [0.3, 0.4) is 0 Å². The normalized spacial score (nSPS) is 16.2. The van der Waals surface area contributed by atoms with Crippen molar-refractivity contribution >= 4 is 6.29 Å². The lowest BCUT2D eigenvalue weighted by Gasteiger charge is -2.32. The fourth-order valence-electron chi connectivity index (χ4n) is 1.47. The quantitative estimate of drug-likeness (QED) is 0.592. The van der Waals surface area contributed by atoms with Gasteiger partial charge < -0.3 is 9.53 Å². The molecule has 0 bridgehead atoms. The van der Waals surface area contributed by atoms with E-state index < -0.39 is 5.72 Å². The third-order valence-corrected chi connectivity index (χ3v) is 2.50. The summed E-state index contributed by atoms with van der Waals surface area (Å²) in [4.78, 5) is 10.6. The Morgan fingerprint density at radius 1 is 1.44 bits per heavy atom. The summed E-state index contributed by atoms with van der Waals surface area (Å²) in [5.41, 5.74) is -0.512. The van der Waals surface area contributed by atoms with Gasteiger partial charge in [0.2, 0.25) is 0 Å². The molecule has 0 aliphatic carbocycles. The van der Waals surface area contributed by atoms with Crippen LogP contribution in [0.1, 0.15) is 27.2 Å².